The van der Waals surface area contributed by atoms with Gasteiger partial charge in [0.15, 0.2) is 0 Å². The second-order valence-corrected chi connectivity index (χ2v) is 8.25. The Kier molecular flexibility index (Phi) is 5.46. The Labute approximate surface area is 180 Å². The number of thioether (sulfide) groups is 1. The number of nitrogens with zero attached hydrogens (tertiary/aromatic N) is 1. The van der Waals surface area contributed by atoms with E-state index < -0.39 is 4.87 Å². The third-order valence-corrected chi connectivity index (χ3v) is 6.28. The fraction of sp³-hybridized carbons (Fsp3) is 0.120. The van der Waals surface area contributed by atoms with Gasteiger partial charge in [0.2, 0.25) is 5.91 Å². The summed E-state index contributed by atoms with van der Waals surface area (Å²) < 4.78 is 5.11. The van der Waals surface area contributed by atoms with Gasteiger partial charge in [-0.3, -0.25) is 14.5 Å². The van der Waals surface area contributed by atoms with E-state index in [4.69, 9.17) is 4.74 Å². The van der Waals surface area contributed by atoms with E-state index in [1.807, 2.05) is 77.7 Å². The van der Waals surface area contributed by atoms with Gasteiger partial charge in [0.05, 0.1) is 5.69 Å². The molecule has 3 aromatic carbocycles. The number of anilines is 1. The molecule has 1 aliphatic heterocycles. The van der Waals surface area contributed by atoms with E-state index in [-0.39, 0.29) is 11.9 Å². The molecule has 0 N–H and O–H groups in total. The standard InChI is InChI=1S/C25H21NO3S/c1-18(27)26-23-10-6-7-11-24(23)30-25(26,21-8-4-3-5-9-21)17-16-20-12-14-22(15-13-20)29-19(2)28/h3-17H,1-2H3/b17-16+. The van der Waals surface area contributed by atoms with Crippen LogP contribution in [0, 0.1) is 0 Å². The predicted octanol–water partition coefficient (Wildman–Crippen LogP) is 5.64. The molecule has 1 amide bonds. The van der Waals surface area contributed by atoms with Crippen molar-refractivity contribution in [2.24, 2.45) is 0 Å². The van der Waals surface area contributed by atoms with E-state index in [0.29, 0.717) is 5.75 Å². The van der Waals surface area contributed by atoms with Gasteiger partial charge in [0, 0.05) is 18.7 Å². The third-order valence-electron chi connectivity index (χ3n) is 4.85. The molecule has 0 aliphatic carbocycles. The van der Waals surface area contributed by atoms with Crippen molar-refractivity contribution in [2.75, 3.05) is 4.90 Å². The average Bonchev–Trinajstić information content (AvgIpc) is 3.09. The van der Waals surface area contributed by atoms with Gasteiger partial charge in [-0.2, -0.15) is 0 Å². The highest BCUT2D eigenvalue weighted by Gasteiger charge is 2.46. The number of carbonyl (C=O) groups is 2. The maximum atomic E-state index is 12.8. The van der Waals surface area contributed by atoms with Crippen LogP contribution in [0.2, 0.25) is 0 Å². The summed E-state index contributed by atoms with van der Waals surface area (Å²) in [5.41, 5.74) is 2.88. The van der Waals surface area contributed by atoms with Crippen molar-refractivity contribution in [1.29, 1.82) is 0 Å². The van der Waals surface area contributed by atoms with Gasteiger partial charge in [0.25, 0.3) is 0 Å². The molecule has 4 rings (SSSR count). The molecule has 0 saturated heterocycles. The molecule has 5 heteroatoms. The van der Waals surface area contributed by atoms with Gasteiger partial charge in [-0.25, -0.2) is 0 Å². The van der Waals surface area contributed by atoms with Crippen LogP contribution in [0.15, 0.2) is 89.8 Å². The average molecular weight is 416 g/mol. The van der Waals surface area contributed by atoms with Crippen molar-refractivity contribution in [3.05, 3.63) is 96.1 Å². The Hall–Kier alpha value is -3.31. The van der Waals surface area contributed by atoms with Gasteiger partial charge in [0.1, 0.15) is 10.6 Å². The third kappa shape index (κ3) is 3.76. The van der Waals surface area contributed by atoms with Crippen LogP contribution in [0.1, 0.15) is 25.0 Å². The number of benzene rings is 3. The molecule has 150 valence electrons. The lowest BCUT2D eigenvalue weighted by Crippen LogP contribution is -2.42. The van der Waals surface area contributed by atoms with Crippen molar-refractivity contribution >= 4 is 35.4 Å². The molecule has 1 atom stereocenters. The smallest absolute Gasteiger partial charge is 0.308 e. The van der Waals surface area contributed by atoms with E-state index in [2.05, 4.69) is 6.08 Å². The molecule has 0 bridgehead atoms. The summed E-state index contributed by atoms with van der Waals surface area (Å²) in [6.07, 6.45) is 4.06. The fourth-order valence-electron chi connectivity index (χ4n) is 3.62. The zero-order valence-electron chi connectivity index (χ0n) is 16.7. The highest BCUT2D eigenvalue weighted by Crippen LogP contribution is 2.56. The minimum atomic E-state index is -0.689. The number of para-hydroxylation sites is 1. The second-order valence-electron chi connectivity index (χ2n) is 6.98. The summed E-state index contributed by atoms with van der Waals surface area (Å²) >= 11 is 1.65. The Morgan fingerprint density at radius 3 is 2.23 bits per heavy atom. The number of esters is 1. The minimum Gasteiger partial charge on any atom is -0.427 e. The Morgan fingerprint density at radius 1 is 0.900 bits per heavy atom. The van der Waals surface area contributed by atoms with Crippen molar-refractivity contribution in [3.8, 4) is 5.75 Å². The van der Waals surface area contributed by atoms with Gasteiger partial charge in [-0.15, -0.1) is 0 Å². The number of amides is 1. The fourth-order valence-corrected chi connectivity index (χ4v) is 5.07. The van der Waals surface area contributed by atoms with E-state index in [0.717, 1.165) is 21.7 Å². The van der Waals surface area contributed by atoms with Crippen molar-refractivity contribution in [2.45, 2.75) is 23.6 Å². The highest BCUT2D eigenvalue weighted by atomic mass is 32.2. The molecule has 0 radical (unpaired) electrons. The summed E-state index contributed by atoms with van der Waals surface area (Å²) in [5.74, 6) is 0.134. The molecular weight excluding hydrogens is 394 g/mol. The predicted molar refractivity (Wildman–Crippen MR) is 120 cm³/mol. The van der Waals surface area contributed by atoms with E-state index in [9.17, 15) is 9.59 Å². The van der Waals surface area contributed by atoms with Crippen molar-refractivity contribution in [1.82, 2.24) is 0 Å². The molecule has 0 saturated carbocycles. The van der Waals surface area contributed by atoms with Crippen molar-refractivity contribution < 1.29 is 14.3 Å². The van der Waals surface area contributed by atoms with Crippen LogP contribution < -0.4 is 9.64 Å². The van der Waals surface area contributed by atoms with E-state index >= 15 is 0 Å². The van der Waals surface area contributed by atoms with Crippen LogP contribution in [-0.4, -0.2) is 11.9 Å². The van der Waals surface area contributed by atoms with Gasteiger partial charge < -0.3 is 4.74 Å². The molecule has 4 nitrogen and oxygen atoms in total. The van der Waals surface area contributed by atoms with Crippen LogP contribution in [0.3, 0.4) is 0 Å². The number of rotatable bonds is 4. The lowest BCUT2D eigenvalue weighted by molar-refractivity contribution is -0.131. The van der Waals surface area contributed by atoms with Crippen LogP contribution in [0.4, 0.5) is 5.69 Å². The number of fused-ring (bicyclic) bond motifs is 1. The summed E-state index contributed by atoms with van der Waals surface area (Å²) in [7, 11) is 0. The lowest BCUT2D eigenvalue weighted by Gasteiger charge is -2.35. The van der Waals surface area contributed by atoms with Crippen LogP contribution >= 0.6 is 11.8 Å². The van der Waals surface area contributed by atoms with Crippen LogP contribution in [-0.2, 0) is 14.5 Å². The van der Waals surface area contributed by atoms with E-state index in [1.165, 1.54) is 6.92 Å². The van der Waals surface area contributed by atoms with E-state index in [1.54, 1.807) is 30.8 Å². The van der Waals surface area contributed by atoms with Crippen LogP contribution in [0.5, 0.6) is 5.75 Å². The Bertz CT molecular complexity index is 1110. The Balaban J connectivity index is 1.78. The first-order chi connectivity index (χ1) is 14.5. The SMILES string of the molecule is CC(=O)Oc1ccc(/C=C/C2(c3ccccc3)Sc3ccccc3N2C(C)=O)cc1. The van der Waals surface area contributed by atoms with Gasteiger partial charge in [-0.1, -0.05) is 72.4 Å². The summed E-state index contributed by atoms with van der Waals surface area (Å²) in [4.78, 5) is 26.1. The molecule has 0 fully saturated rings. The topological polar surface area (TPSA) is 46.6 Å². The molecule has 1 heterocycles. The summed E-state index contributed by atoms with van der Waals surface area (Å²) in [5, 5.41) is 0. The summed E-state index contributed by atoms with van der Waals surface area (Å²) in [6, 6.07) is 25.3. The largest absolute Gasteiger partial charge is 0.427 e. The molecule has 0 spiro atoms. The number of ether oxygens (including phenoxy) is 1. The molecule has 3 aromatic rings. The number of carbonyl (C=O) groups excluding carboxylic acids is 2. The normalized spacial score (nSPS) is 17.7. The first-order valence-electron chi connectivity index (χ1n) is 9.62. The first kappa shape index (κ1) is 20.0. The highest BCUT2D eigenvalue weighted by molar-refractivity contribution is 8.01. The lowest BCUT2D eigenvalue weighted by atomic mass is 10.0. The van der Waals surface area contributed by atoms with Gasteiger partial charge >= 0.3 is 5.97 Å². The first-order valence-corrected chi connectivity index (χ1v) is 10.4. The van der Waals surface area contributed by atoms with Gasteiger partial charge in [-0.05, 0) is 41.5 Å². The molecule has 1 unspecified atom stereocenters. The maximum Gasteiger partial charge on any atom is 0.308 e. The van der Waals surface area contributed by atoms with Crippen LogP contribution in [0.25, 0.3) is 6.08 Å². The molecule has 0 aromatic heterocycles. The molecule has 1 aliphatic rings. The van der Waals surface area contributed by atoms with Crippen molar-refractivity contribution in [3.63, 3.8) is 0 Å². The number of hydrogen-bond donors (Lipinski definition) is 0. The second kappa shape index (κ2) is 8.20. The monoisotopic (exact) mass is 415 g/mol. The zero-order valence-corrected chi connectivity index (χ0v) is 17.6. The zero-order chi connectivity index (χ0) is 21.1. The number of hydrogen-bond acceptors (Lipinski definition) is 4. The molecule has 30 heavy (non-hydrogen) atoms. The molecular formula is C25H21NO3S. The minimum absolute atomic E-state index is 0.0221. The maximum absolute atomic E-state index is 12.8. The quantitative estimate of drug-likeness (QED) is 0.409. The Morgan fingerprint density at radius 2 is 1.57 bits per heavy atom. The summed E-state index contributed by atoms with van der Waals surface area (Å²) in [6.45, 7) is 2.98.